The molecule has 0 bridgehead atoms. The van der Waals surface area contributed by atoms with E-state index in [0.717, 1.165) is 0 Å². The van der Waals surface area contributed by atoms with E-state index in [1.165, 1.54) is 13.3 Å². The van der Waals surface area contributed by atoms with Gasteiger partial charge in [0, 0.05) is 36.0 Å². The van der Waals surface area contributed by atoms with E-state index in [1.54, 1.807) is 36.7 Å². The zero-order valence-electron chi connectivity index (χ0n) is 14.6. The van der Waals surface area contributed by atoms with Crippen LogP contribution in [0.25, 0.3) is 0 Å². The average molecular weight is 461 g/mol. The van der Waals surface area contributed by atoms with Gasteiger partial charge in [-0.05, 0) is 22.0 Å². The first kappa shape index (κ1) is 19.8. The number of anilines is 1. The molecule has 1 unspecified atom stereocenters. The van der Waals surface area contributed by atoms with E-state index in [9.17, 15) is 4.79 Å². The van der Waals surface area contributed by atoms with Crippen LogP contribution in [-0.4, -0.2) is 38.0 Å². The number of pyridine rings is 1. The minimum atomic E-state index is -0.605. The van der Waals surface area contributed by atoms with Crippen LogP contribution in [0.2, 0.25) is 5.02 Å². The SMILES string of the molecule is CC(=O)Nc1cc(N=CC(C(=N)c2ccccc2Cl)c2ncn[nH]2)c(Br)cn1. The number of halogens is 2. The van der Waals surface area contributed by atoms with Gasteiger partial charge in [0.05, 0.1) is 21.8 Å². The van der Waals surface area contributed by atoms with Crippen molar-refractivity contribution in [2.45, 2.75) is 12.8 Å². The number of aromatic amines is 1. The fraction of sp³-hybridized carbons (Fsp3) is 0.111. The Balaban J connectivity index is 1.96. The number of nitrogens with zero attached hydrogens (tertiary/aromatic N) is 4. The van der Waals surface area contributed by atoms with Gasteiger partial charge in [0.25, 0.3) is 0 Å². The molecule has 1 amide bonds. The molecule has 2 aromatic heterocycles. The number of aromatic nitrogens is 4. The molecule has 10 heteroatoms. The predicted octanol–water partition coefficient (Wildman–Crippen LogP) is 4.13. The highest BCUT2D eigenvalue weighted by Gasteiger charge is 2.21. The largest absolute Gasteiger partial charge is 0.311 e. The van der Waals surface area contributed by atoms with Gasteiger partial charge >= 0.3 is 0 Å². The molecule has 3 aromatic rings. The number of hydrogen-bond donors (Lipinski definition) is 3. The summed E-state index contributed by atoms with van der Waals surface area (Å²) in [5.74, 6) is -0.00218. The summed E-state index contributed by atoms with van der Waals surface area (Å²) in [4.78, 5) is 24.0. The van der Waals surface area contributed by atoms with E-state index < -0.39 is 5.92 Å². The molecule has 3 N–H and O–H groups in total. The first-order valence-electron chi connectivity index (χ1n) is 8.11. The zero-order valence-corrected chi connectivity index (χ0v) is 17.0. The maximum absolute atomic E-state index is 11.2. The van der Waals surface area contributed by atoms with Crippen LogP contribution < -0.4 is 5.32 Å². The molecule has 142 valence electrons. The van der Waals surface area contributed by atoms with Crippen molar-refractivity contribution in [3.05, 3.63) is 63.7 Å². The molecular formula is C18H15BrClN7O. The molecule has 1 atom stereocenters. The summed E-state index contributed by atoms with van der Waals surface area (Å²) in [5, 5.41) is 18.3. The second-order valence-corrected chi connectivity index (χ2v) is 6.98. The number of carbonyl (C=O) groups is 1. The maximum atomic E-state index is 11.2. The molecule has 0 fully saturated rings. The lowest BCUT2D eigenvalue weighted by molar-refractivity contribution is -0.114. The number of H-pyrrole nitrogens is 1. The van der Waals surface area contributed by atoms with Crippen LogP contribution in [0.1, 0.15) is 24.2 Å². The lowest BCUT2D eigenvalue weighted by Gasteiger charge is -2.13. The van der Waals surface area contributed by atoms with Gasteiger partial charge in [-0.15, -0.1) is 0 Å². The molecule has 28 heavy (non-hydrogen) atoms. The van der Waals surface area contributed by atoms with Crippen LogP contribution >= 0.6 is 27.5 Å². The van der Waals surface area contributed by atoms with Gasteiger partial charge in [-0.3, -0.25) is 14.9 Å². The number of rotatable bonds is 6. The number of aliphatic imine (C=N–C) groups is 1. The van der Waals surface area contributed by atoms with E-state index in [-0.39, 0.29) is 11.6 Å². The molecule has 0 aliphatic heterocycles. The Labute approximate surface area is 174 Å². The van der Waals surface area contributed by atoms with Gasteiger partial charge in [0.15, 0.2) is 0 Å². The summed E-state index contributed by atoms with van der Waals surface area (Å²) in [6, 6.07) is 8.72. The lowest BCUT2D eigenvalue weighted by atomic mass is 9.97. The Morgan fingerprint density at radius 1 is 1.39 bits per heavy atom. The van der Waals surface area contributed by atoms with Gasteiger partial charge in [-0.1, -0.05) is 29.8 Å². The lowest BCUT2D eigenvalue weighted by Crippen LogP contribution is -2.16. The summed E-state index contributed by atoms with van der Waals surface area (Å²) < 4.78 is 0.637. The Kier molecular flexibility index (Phi) is 6.27. The smallest absolute Gasteiger partial charge is 0.222 e. The first-order valence-corrected chi connectivity index (χ1v) is 9.28. The highest BCUT2D eigenvalue weighted by molar-refractivity contribution is 9.10. The minimum Gasteiger partial charge on any atom is -0.311 e. The molecule has 0 spiro atoms. The third kappa shape index (κ3) is 4.68. The third-order valence-electron chi connectivity index (χ3n) is 3.71. The predicted molar refractivity (Wildman–Crippen MR) is 112 cm³/mol. The van der Waals surface area contributed by atoms with Crippen molar-refractivity contribution >= 4 is 56.9 Å². The van der Waals surface area contributed by atoms with E-state index in [2.05, 4.69) is 46.4 Å². The third-order valence-corrected chi connectivity index (χ3v) is 4.65. The maximum Gasteiger partial charge on any atom is 0.222 e. The van der Waals surface area contributed by atoms with E-state index >= 15 is 0 Å². The number of carbonyl (C=O) groups excluding carboxylic acids is 1. The van der Waals surface area contributed by atoms with Gasteiger partial charge in [0.1, 0.15) is 18.0 Å². The summed E-state index contributed by atoms with van der Waals surface area (Å²) >= 11 is 9.64. The van der Waals surface area contributed by atoms with Crippen molar-refractivity contribution in [3.63, 3.8) is 0 Å². The minimum absolute atomic E-state index is 0.221. The second-order valence-electron chi connectivity index (χ2n) is 5.72. The highest BCUT2D eigenvalue weighted by atomic mass is 79.9. The molecule has 1 aromatic carbocycles. The van der Waals surface area contributed by atoms with Crippen LogP contribution in [0.3, 0.4) is 0 Å². The Morgan fingerprint density at radius 3 is 2.86 bits per heavy atom. The van der Waals surface area contributed by atoms with Crippen LogP contribution in [0.15, 0.2) is 52.3 Å². The molecule has 0 radical (unpaired) electrons. The van der Waals surface area contributed by atoms with Gasteiger partial charge in [-0.25, -0.2) is 9.97 Å². The van der Waals surface area contributed by atoms with Gasteiger partial charge < -0.3 is 10.7 Å². The molecule has 0 aliphatic carbocycles. The molecule has 8 nitrogen and oxygen atoms in total. The van der Waals surface area contributed by atoms with Crippen molar-refractivity contribution in [2.24, 2.45) is 4.99 Å². The van der Waals surface area contributed by atoms with Crippen molar-refractivity contribution < 1.29 is 4.79 Å². The number of hydrogen-bond acceptors (Lipinski definition) is 6. The van der Waals surface area contributed by atoms with Gasteiger partial charge in [-0.2, -0.15) is 5.10 Å². The number of benzene rings is 1. The van der Waals surface area contributed by atoms with Crippen LogP contribution in [-0.2, 0) is 4.79 Å². The normalized spacial score (nSPS) is 12.1. The standard InChI is InChI=1S/C18H15BrClN7O/c1-10(28)26-16-6-15(13(19)8-23-16)22-7-12(18-24-9-25-27-18)17(21)11-4-2-3-5-14(11)20/h2-9,12,21H,1H3,(H,23,26,28)(H,24,25,27). The summed E-state index contributed by atoms with van der Waals surface area (Å²) in [7, 11) is 0. The monoisotopic (exact) mass is 459 g/mol. The van der Waals surface area contributed by atoms with Crippen LogP contribution in [0, 0.1) is 5.41 Å². The van der Waals surface area contributed by atoms with Crippen LogP contribution in [0.4, 0.5) is 11.5 Å². The molecule has 0 aliphatic rings. The summed E-state index contributed by atoms with van der Waals surface area (Å²) in [5.41, 5.74) is 1.33. The highest BCUT2D eigenvalue weighted by Crippen LogP contribution is 2.28. The van der Waals surface area contributed by atoms with E-state index in [4.69, 9.17) is 17.0 Å². The molecule has 0 saturated carbocycles. The Hall–Kier alpha value is -2.91. The quantitative estimate of drug-likeness (QED) is 0.479. The first-order chi connectivity index (χ1) is 13.5. The van der Waals surface area contributed by atoms with Crippen molar-refractivity contribution in [3.8, 4) is 0 Å². The zero-order chi connectivity index (χ0) is 20.1. The summed E-state index contributed by atoms with van der Waals surface area (Å²) in [6.07, 6.45) is 4.48. The Bertz CT molecular complexity index is 1040. The fourth-order valence-electron chi connectivity index (χ4n) is 2.42. The molecule has 0 saturated heterocycles. The fourth-order valence-corrected chi connectivity index (χ4v) is 2.98. The topological polar surface area (TPSA) is 120 Å². The van der Waals surface area contributed by atoms with Crippen LogP contribution in [0.5, 0.6) is 0 Å². The van der Waals surface area contributed by atoms with E-state index in [1.807, 2.05) is 6.07 Å². The molecule has 3 rings (SSSR count). The van der Waals surface area contributed by atoms with Crippen molar-refractivity contribution in [1.29, 1.82) is 5.41 Å². The van der Waals surface area contributed by atoms with Crippen molar-refractivity contribution in [1.82, 2.24) is 20.2 Å². The molecule has 2 heterocycles. The van der Waals surface area contributed by atoms with Gasteiger partial charge in [0.2, 0.25) is 5.91 Å². The van der Waals surface area contributed by atoms with Crippen molar-refractivity contribution in [2.75, 3.05) is 5.32 Å². The second kappa shape index (κ2) is 8.85. The Morgan fingerprint density at radius 2 is 2.18 bits per heavy atom. The van der Waals surface area contributed by atoms with E-state index in [0.29, 0.717) is 32.4 Å². The molecular weight excluding hydrogens is 446 g/mol. The number of nitrogens with one attached hydrogen (secondary N) is 3. The average Bonchev–Trinajstić information content (AvgIpc) is 3.18. The summed E-state index contributed by atoms with van der Waals surface area (Å²) in [6.45, 7) is 1.40. The number of amides is 1.